The summed E-state index contributed by atoms with van der Waals surface area (Å²) >= 11 is 0. The van der Waals surface area contributed by atoms with E-state index in [4.69, 9.17) is 9.47 Å². The minimum Gasteiger partial charge on any atom is -0.456 e. The molecule has 9 nitrogen and oxygen atoms in total. The molecule has 0 bridgehead atoms. The molecule has 3 amide bonds. The number of esters is 2. The van der Waals surface area contributed by atoms with E-state index >= 15 is 0 Å². The van der Waals surface area contributed by atoms with Crippen LogP contribution in [0.15, 0.2) is 84.9 Å². The van der Waals surface area contributed by atoms with Crippen molar-refractivity contribution in [1.29, 1.82) is 0 Å². The standard InChI is InChI=1S/C28H22N2O7/c31-23-15-22(29-23)30(25(32)20-13-7-8-14-21(20)26(30)33)24(27(34)36-16-18-9-3-1-4-10-18)28(35)37-17-19-11-5-2-6-12-19/h1-14,22,24H,15-17H2/p+1. The molecule has 3 aromatic rings. The van der Waals surface area contributed by atoms with Crippen LogP contribution in [0.1, 0.15) is 38.3 Å². The lowest BCUT2D eigenvalue weighted by atomic mass is 10.0. The van der Waals surface area contributed by atoms with E-state index in [1.165, 1.54) is 12.1 Å². The molecule has 1 N–H and O–H groups in total. The van der Waals surface area contributed by atoms with Crippen LogP contribution in [0.25, 0.3) is 0 Å². The van der Waals surface area contributed by atoms with Gasteiger partial charge in [0.05, 0.1) is 11.1 Å². The maximum atomic E-state index is 13.9. The molecule has 9 heteroatoms. The lowest BCUT2D eigenvalue weighted by Crippen LogP contribution is -2.77. The number of hydrogen-bond donors (Lipinski definition) is 1. The lowest BCUT2D eigenvalue weighted by Gasteiger charge is -2.43. The monoisotopic (exact) mass is 499 g/mol. The third-order valence-electron chi connectivity index (χ3n) is 6.56. The number of benzene rings is 3. The molecule has 2 aliphatic rings. The highest BCUT2D eigenvalue weighted by Crippen LogP contribution is 2.39. The SMILES string of the molecule is O=C1CC([N+]2(C(C(=O)OCc3ccccc3)C(=O)OCc3ccccc3)C(=O)c3ccccc3C2=O)N1. The van der Waals surface area contributed by atoms with E-state index in [-0.39, 0.29) is 30.8 Å². The van der Waals surface area contributed by atoms with Crippen LogP contribution in [-0.2, 0) is 37.1 Å². The largest absolute Gasteiger partial charge is 0.456 e. The molecule has 1 unspecified atom stereocenters. The highest BCUT2D eigenvalue weighted by atomic mass is 16.6. The van der Waals surface area contributed by atoms with Crippen molar-refractivity contribution in [2.24, 2.45) is 0 Å². The number of amides is 3. The molecule has 5 rings (SSSR count). The molecule has 2 heterocycles. The minimum absolute atomic E-state index is 0.0605. The molecule has 0 radical (unpaired) electrons. The van der Waals surface area contributed by atoms with Gasteiger partial charge in [0.1, 0.15) is 19.6 Å². The Labute approximate surface area is 212 Å². The Morgan fingerprint density at radius 3 is 1.54 bits per heavy atom. The molecule has 0 spiro atoms. The number of hydrogen-bond acceptors (Lipinski definition) is 7. The zero-order chi connectivity index (χ0) is 26.0. The Morgan fingerprint density at radius 1 is 0.730 bits per heavy atom. The van der Waals surface area contributed by atoms with E-state index in [0.717, 1.165) is 0 Å². The van der Waals surface area contributed by atoms with Gasteiger partial charge < -0.3 is 14.8 Å². The van der Waals surface area contributed by atoms with Crippen LogP contribution in [0.4, 0.5) is 0 Å². The second kappa shape index (κ2) is 9.79. The Hall–Kier alpha value is -4.63. The average Bonchev–Trinajstić information content (AvgIpc) is 3.13. The van der Waals surface area contributed by atoms with Crippen LogP contribution < -0.4 is 5.32 Å². The van der Waals surface area contributed by atoms with Gasteiger partial charge in [0, 0.05) is 0 Å². The Balaban J connectivity index is 1.54. The molecular formula is C28H23N2O7+. The normalized spacial score (nSPS) is 17.5. The van der Waals surface area contributed by atoms with Gasteiger partial charge in [0.25, 0.3) is 0 Å². The number of carbonyl (C=O) groups is 5. The smallest absolute Gasteiger partial charge is 0.378 e. The van der Waals surface area contributed by atoms with Crippen molar-refractivity contribution in [2.75, 3.05) is 0 Å². The molecule has 2 aliphatic heterocycles. The van der Waals surface area contributed by atoms with E-state index in [1.54, 1.807) is 72.8 Å². The molecule has 0 aliphatic carbocycles. The van der Waals surface area contributed by atoms with Gasteiger partial charge in [-0.1, -0.05) is 72.8 Å². The number of nitrogens with zero attached hydrogens (tertiary/aromatic N) is 1. The van der Waals surface area contributed by atoms with Crippen molar-refractivity contribution < 1.29 is 37.9 Å². The van der Waals surface area contributed by atoms with Crippen molar-refractivity contribution in [2.45, 2.75) is 31.8 Å². The summed E-state index contributed by atoms with van der Waals surface area (Å²) in [5, 5.41) is 2.54. The predicted molar refractivity (Wildman–Crippen MR) is 128 cm³/mol. The fourth-order valence-electron chi connectivity index (χ4n) is 4.67. The summed E-state index contributed by atoms with van der Waals surface area (Å²) in [5.74, 6) is -4.16. The molecular weight excluding hydrogens is 476 g/mol. The van der Waals surface area contributed by atoms with Crippen molar-refractivity contribution in [1.82, 2.24) is 5.32 Å². The predicted octanol–water partition coefficient (Wildman–Crippen LogP) is 2.50. The van der Waals surface area contributed by atoms with Crippen molar-refractivity contribution >= 4 is 29.7 Å². The van der Waals surface area contributed by atoms with E-state index in [0.29, 0.717) is 11.1 Å². The molecule has 37 heavy (non-hydrogen) atoms. The lowest BCUT2D eigenvalue weighted by molar-refractivity contribution is -0.807. The quantitative estimate of drug-likeness (QED) is 0.166. The van der Waals surface area contributed by atoms with Gasteiger partial charge in [0.2, 0.25) is 5.91 Å². The van der Waals surface area contributed by atoms with Gasteiger partial charge in [-0.3, -0.25) is 4.79 Å². The Kier molecular flexibility index (Phi) is 6.37. The average molecular weight is 499 g/mol. The fraction of sp³-hybridized carbons (Fsp3) is 0.179. The van der Waals surface area contributed by atoms with Crippen LogP contribution >= 0.6 is 0 Å². The van der Waals surface area contributed by atoms with E-state index in [2.05, 4.69) is 5.32 Å². The van der Waals surface area contributed by atoms with Crippen molar-refractivity contribution in [3.05, 3.63) is 107 Å². The van der Waals surface area contributed by atoms with E-state index in [9.17, 15) is 24.0 Å². The maximum absolute atomic E-state index is 13.9. The first-order valence-corrected chi connectivity index (χ1v) is 11.7. The summed E-state index contributed by atoms with van der Waals surface area (Å²) in [7, 11) is 0. The highest BCUT2D eigenvalue weighted by Gasteiger charge is 2.70. The second-order valence-electron chi connectivity index (χ2n) is 8.81. The van der Waals surface area contributed by atoms with Gasteiger partial charge in [0.15, 0.2) is 6.17 Å². The van der Waals surface area contributed by atoms with Crippen LogP contribution in [0.2, 0.25) is 0 Å². The first-order chi connectivity index (χ1) is 17.9. The Bertz CT molecular complexity index is 1290. The number of nitrogens with one attached hydrogen (secondary N) is 1. The summed E-state index contributed by atoms with van der Waals surface area (Å²) in [5.41, 5.74) is 1.42. The summed E-state index contributed by atoms with van der Waals surface area (Å²) in [6, 6.07) is 21.7. The van der Waals surface area contributed by atoms with Gasteiger partial charge in [-0.15, -0.1) is 4.48 Å². The van der Waals surface area contributed by atoms with Crippen LogP contribution in [0.3, 0.4) is 0 Å². The number of β-lactam (4-membered cyclic amide) rings is 1. The number of ether oxygens (including phenoxy) is 2. The van der Waals surface area contributed by atoms with Crippen LogP contribution in [0.5, 0.6) is 0 Å². The summed E-state index contributed by atoms with van der Waals surface area (Å²) < 4.78 is 9.67. The second-order valence-corrected chi connectivity index (χ2v) is 8.81. The number of quaternary nitrogens is 1. The topological polar surface area (TPSA) is 116 Å². The first-order valence-electron chi connectivity index (χ1n) is 11.7. The van der Waals surface area contributed by atoms with Crippen LogP contribution in [-0.4, -0.2) is 46.4 Å². The molecule has 1 atom stereocenters. The number of rotatable bonds is 8. The summed E-state index contributed by atoms with van der Waals surface area (Å²) in [6.45, 7) is -0.372. The molecule has 0 aromatic heterocycles. The molecule has 186 valence electrons. The third-order valence-corrected chi connectivity index (χ3v) is 6.56. The summed E-state index contributed by atoms with van der Waals surface area (Å²) in [4.78, 5) is 66.8. The zero-order valence-electron chi connectivity index (χ0n) is 19.7. The first kappa shape index (κ1) is 24.1. The molecule has 1 fully saturated rings. The summed E-state index contributed by atoms with van der Waals surface area (Å²) in [6.07, 6.45) is -1.35. The Morgan fingerprint density at radius 2 is 1.14 bits per heavy atom. The maximum Gasteiger partial charge on any atom is 0.378 e. The number of fused-ring (bicyclic) bond motifs is 1. The van der Waals surface area contributed by atoms with Crippen molar-refractivity contribution in [3.8, 4) is 0 Å². The van der Waals surface area contributed by atoms with Gasteiger partial charge in [-0.2, -0.15) is 0 Å². The fourth-order valence-corrected chi connectivity index (χ4v) is 4.67. The van der Waals surface area contributed by atoms with Gasteiger partial charge in [-0.25, -0.2) is 19.2 Å². The zero-order valence-corrected chi connectivity index (χ0v) is 19.7. The number of carbonyl (C=O) groups excluding carboxylic acids is 5. The van der Waals surface area contributed by atoms with Gasteiger partial charge in [-0.05, 0) is 23.3 Å². The minimum atomic E-state index is -1.98. The highest BCUT2D eigenvalue weighted by molar-refractivity contribution is 6.17. The molecule has 0 saturated carbocycles. The van der Waals surface area contributed by atoms with E-state index in [1.807, 2.05) is 0 Å². The third kappa shape index (κ3) is 4.19. The van der Waals surface area contributed by atoms with Crippen LogP contribution in [0, 0.1) is 0 Å². The number of imide groups is 1. The van der Waals surface area contributed by atoms with Gasteiger partial charge >= 0.3 is 29.8 Å². The van der Waals surface area contributed by atoms with E-state index < -0.39 is 46.4 Å². The molecule has 3 aromatic carbocycles. The van der Waals surface area contributed by atoms with Crippen molar-refractivity contribution in [3.63, 3.8) is 0 Å². The molecule has 1 saturated heterocycles.